The number of aryl methyl sites for hydroxylation is 1. The number of methoxy groups -OCH3 is 1. The van der Waals surface area contributed by atoms with Crippen LogP contribution in [0.3, 0.4) is 0 Å². The summed E-state index contributed by atoms with van der Waals surface area (Å²) in [5.41, 5.74) is 2.49. The van der Waals surface area contributed by atoms with Gasteiger partial charge in [0.05, 0.1) is 26.5 Å². The first-order valence-electron chi connectivity index (χ1n) is 8.65. The summed E-state index contributed by atoms with van der Waals surface area (Å²) in [6.45, 7) is 4.02. The maximum Gasteiger partial charge on any atom is 0.122 e. The first-order chi connectivity index (χ1) is 11.8. The highest BCUT2D eigenvalue weighted by atomic mass is 16.7. The van der Waals surface area contributed by atoms with E-state index >= 15 is 0 Å². The monoisotopic (exact) mass is 329 g/mol. The molecular weight excluding hydrogens is 302 g/mol. The molecule has 0 saturated carbocycles. The quantitative estimate of drug-likeness (QED) is 0.771. The lowest BCUT2D eigenvalue weighted by atomic mass is 9.98. The fourth-order valence-corrected chi connectivity index (χ4v) is 3.52. The van der Waals surface area contributed by atoms with Crippen molar-refractivity contribution in [1.82, 2.24) is 9.96 Å². The highest BCUT2D eigenvalue weighted by Crippen LogP contribution is 2.25. The maximum atomic E-state index is 5.45. The third-order valence-corrected chi connectivity index (χ3v) is 4.85. The molecule has 1 saturated heterocycles. The van der Waals surface area contributed by atoms with Gasteiger partial charge in [-0.2, -0.15) is 0 Å². The molecule has 0 radical (unpaired) electrons. The van der Waals surface area contributed by atoms with Crippen molar-refractivity contribution < 1.29 is 9.57 Å². The van der Waals surface area contributed by atoms with Crippen molar-refractivity contribution in [3.63, 3.8) is 0 Å². The predicted octanol–water partition coefficient (Wildman–Crippen LogP) is 2.74. The summed E-state index contributed by atoms with van der Waals surface area (Å²) in [6.07, 6.45) is 7.25. The molecule has 2 aliphatic rings. The molecule has 0 amide bonds. The number of nitrogens with zero attached hydrogens (tertiary/aromatic N) is 3. The van der Waals surface area contributed by atoms with Crippen molar-refractivity contribution in [3.05, 3.63) is 42.2 Å². The van der Waals surface area contributed by atoms with E-state index < -0.39 is 0 Å². The van der Waals surface area contributed by atoms with Crippen LogP contribution in [0, 0.1) is 5.92 Å². The Balaban J connectivity index is 1.46. The van der Waals surface area contributed by atoms with Crippen molar-refractivity contribution in [3.8, 4) is 5.75 Å². The van der Waals surface area contributed by atoms with Crippen molar-refractivity contribution in [2.45, 2.75) is 19.3 Å². The number of rotatable bonds is 7. The second-order valence-electron chi connectivity index (χ2n) is 6.49. The van der Waals surface area contributed by atoms with E-state index in [9.17, 15) is 0 Å². The maximum absolute atomic E-state index is 5.45. The molecule has 0 bridgehead atoms. The third kappa shape index (κ3) is 4.36. The van der Waals surface area contributed by atoms with Crippen LogP contribution in [-0.4, -0.2) is 56.1 Å². The van der Waals surface area contributed by atoms with E-state index in [1.54, 1.807) is 14.2 Å². The van der Waals surface area contributed by atoms with Crippen molar-refractivity contribution in [1.29, 1.82) is 0 Å². The molecule has 1 atom stereocenters. The second-order valence-corrected chi connectivity index (χ2v) is 6.49. The van der Waals surface area contributed by atoms with Gasteiger partial charge in [0.25, 0.3) is 0 Å². The van der Waals surface area contributed by atoms with Gasteiger partial charge in [-0.25, -0.2) is 0 Å². The van der Waals surface area contributed by atoms with Gasteiger partial charge in [0, 0.05) is 25.5 Å². The largest absolute Gasteiger partial charge is 0.496 e. The molecule has 3 rings (SSSR count). The number of likely N-dealkylation sites (tertiary alicyclic amines) is 1. The minimum atomic E-state index is 0.758. The zero-order valence-electron chi connectivity index (χ0n) is 14.6. The smallest absolute Gasteiger partial charge is 0.122 e. The molecule has 0 spiro atoms. The van der Waals surface area contributed by atoms with Gasteiger partial charge in [-0.15, -0.1) is 0 Å². The lowest BCUT2D eigenvalue weighted by Gasteiger charge is -2.24. The van der Waals surface area contributed by atoms with E-state index in [0.29, 0.717) is 0 Å². The van der Waals surface area contributed by atoms with Crippen LogP contribution < -0.4 is 4.74 Å². The van der Waals surface area contributed by atoms with Crippen LogP contribution in [0.4, 0.5) is 0 Å². The lowest BCUT2D eigenvalue weighted by Crippen LogP contribution is -2.35. The zero-order chi connectivity index (χ0) is 16.8. The van der Waals surface area contributed by atoms with Crippen molar-refractivity contribution in [2.75, 3.05) is 40.4 Å². The number of hydrogen-bond donors (Lipinski definition) is 0. The van der Waals surface area contributed by atoms with Crippen molar-refractivity contribution >= 4 is 5.71 Å². The van der Waals surface area contributed by atoms with Gasteiger partial charge in [-0.1, -0.05) is 18.2 Å². The highest BCUT2D eigenvalue weighted by Gasteiger charge is 2.24. The van der Waals surface area contributed by atoms with Gasteiger partial charge in [0.15, 0.2) is 0 Å². The molecule has 2 aliphatic heterocycles. The molecule has 5 heteroatoms. The average Bonchev–Trinajstić information content (AvgIpc) is 3.07. The standard InChI is InChI=1S/C19H27N3O2/c1-23-19-6-4-3-5-17(19)8-7-16-9-11-21(13-16)14-18-15-22(24-2)12-10-20-18/h3-6,10,12,16H,7-9,11,13-15H2,1-2H3. The van der Waals surface area contributed by atoms with E-state index in [1.807, 2.05) is 29.6 Å². The first kappa shape index (κ1) is 17.0. The molecule has 130 valence electrons. The van der Waals surface area contributed by atoms with Gasteiger partial charge in [0.2, 0.25) is 0 Å². The highest BCUT2D eigenvalue weighted by molar-refractivity contribution is 5.89. The number of hydroxylamine groups is 2. The van der Waals surface area contributed by atoms with E-state index in [0.717, 1.165) is 44.3 Å². The van der Waals surface area contributed by atoms with Crippen molar-refractivity contribution in [2.24, 2.45) is 10.9 Å². The van der Waals surface area contributed by atoms with Gasteiger partial charge in [-0.05, 0) is 43.4 Å². The summed E-state index contributed by atoms with van der Waals surface area (Å²) in [5.74, 6) is 1.77. The number of para-hydroxylation sites is 1. The van der Waals surface area contributed by atoms with Crippen LogP contribution in [0.25, 0.3) is 0 Å². The molecule has 1 unspecified atom stereocenters. The molecule has 0 aromatic heterocycles. The molecule has 1 aromatic carbocycles. The number of benzene rings is 1. The fraction of sp³-hybridized carbons (Fsp3) is 0.526. The third-order valence-electron chi connectivity index (χ3n) is 4.85. The second kappa shape index (κ2) is 8.31. The van der Waals surface area contributed by atoms with Crippen LogP contribution >= 0.6 is 0 Å². The summed E-state index contributed by atoms with van der Waals surface area (Å²) in [5, 5.41) is 1.82. The van der Waals surface area contributed by atoms with Gasteiger partial charge >= 0.3 is 0 Å². The average molecular weight is 329 g/mol. The summed E-state index contributed by atoms with van der Waals surface area (Å²) in [4.78, 5) is 12.3. The predicted molar refractivity (Wildman–Crippen MR) is 96.2 cm³/mol. The van der Waals surface area contributed by atoms with E-state index in [2.05, 4.69) is 22.0 Å². The van der Waals surface area contributed by atoms with Crippen LogP contribution in [-0.2, 0) is 11.3 Å². The van der Waals surface area contributed by atoms with E-state index in [-0.39, 0.29) is 0 Å². The van der Waals surface area contributed by atoms with E-state index in [4.69, 9.17) is 9.57 Å². The molecule has 0 aliphatic carbocycles. The van der Waals surface area contributed by atoms with Crippen LogP contribution in [0.5, 0.6) is 5.75 Å². The lowest BCUT2D eigenvalue weighted by molar-refractivity contribution is -0.0762. The Kier molecular flexibility index (Phi) is 5.88. The zero-order valence-corrected chi connectivity index (χ0v) is 14.6. The Bertz CT molecular complexity index is 600. The Morgan fingerprint density at radius 1 is 1.25 bits per heavy atom. The summed E-state index contributed by atoms with van der Waals surface area (Å²) < 4.78 is 5.45. The fourth-order valence-electron chi connectivity index (χ4n) is 3.52. The van der Waals surface area contributed by atoms with Crippen LogP contribution in [0.15, 0.2) is 41.7 Å². The van der Waals surface area contributed by atoms with Crippen LogP contribution in [0.2, 0.25) is 0 Å². The summed E-state index contributed by atoms with van der Waals surface area (Å²) in [7, 11) is 3.44. The summed E-state index contributed by atoms with van der Waals surface area (Å²) in [6, 6.07) is 8.35. The topological polar surface area (TPSA) is 37.3 Å². The minimum Gasteiger partial charge on any atom is -0.496 e. The molecule has 24 heavy (non-hydrogen) atoms. The number of aliphatic imine (C=N–C) groups is 1. The minimum absolute atomic E-state index is 0.758. The Hall–Kier alpha value is -1.85. The Labute approximate surface area is 144 Å². The summed E-state index contributed by atoms with van der Waals surface area (Å²) >= 11 is 0. The van der Waals surface area contributed by atoms with E-state index in [1.165, 1.54) is 24.1 Å². The van der Waals surface area contributed by atoms with Gasteiger partial charge in [-0.3, -0.25) is 19.8 Å². The molecular formula is C19H27N3O2. The van der Waals surface area contributed by atoms with Crippen LogP contribution in [0.1, 0.15) is 18.4 Å². The number of hydrogen-bond acceptors (Lipinski definition) is 5. The van der Waals surface area contributed by atoms with Gasteiger partial charge in [0.1, 0.15) is 5.75 Å². The molecule has 1 aromatic rings. The number of ether oxygens (including phenoxy) is 1. The molecule has 2 heterocycles. The normalized spacial score (nSPS) is 21.2. The van der Waals surface area contributed by atoms with Gasteiger partial charge < -0.3 is 4.74 Å². The molecule has 5 nitrogen and oxygen atoms in total. The molecule has 1 fully saturated rings. The Morgan fingerprint density at radius 2 is 2.12 bits per heavy atom. The SMILES string of the molecule is COc1ccccc1CCC1CCN(CC2=NC=CN(OC)C2)C1. The Morgan fingerprint density at radius 3 is 2.96 bits per heavy atom. The molecule has 0 N–H and O–H groups in total. The first-order valence-corrected chi connectivity index (χ1v) is 8.65.